The van der Waals surface area contributed by atoms with Crippen molar-refractivity contribution in [2.24, 2.45) is 5.92 Å². The number of nitrogen functional groups attached to an aromatic ring is 1. The van der Waals surface area contributed by atoms with Crippen LogP contribution in [0.25, 0.3) is 0 Å². The normalized spacial score (nSPS) is 14.6. The Labute approximate surface area is 159 Å². The zero-order valence-corrected chi connectivity index (χ0v) is 15.5. The van der Waals surface area contributed by atoms with Crippen LogP contribution in [0.15, 0.2) is 48.5 Å². The zero-order chi connectivity index (χ0) is 19.2. The van der Waals surface area contributed by atoms with Crippen LogP contribution in [-0.2, 0) is 9.53 Å². The van der Waals surface area contributed by atoms with E-state index in [2.05, 4.69) is 17.1 Å². The van der Waals surface area contributed by atoms with Crippen LogP contribution in [0.1, 0.15) is 30.1 Å². The monoisotopic (exact) mass is 367 g/mol. The molecule has 0 unspecified atom stereocenters. The highest BCUT2D eigenvalue weighted by atomic mass is 16.5. The molecule has 3 rings (SSSR count). The summed E-state index contributed by atoms with van der Waals surface area (Å²) in [5.41, 5.74) is 8.34. The Hall–Kier alpha value is -3.02. The molecule has 0 aliphatic carbocycles. The van der Waals surface area contributed by atoms with Crippen molar-refractivity contribution in [2.45, 2.75) is 19.8 Å². The molecule has 1 amide bonds. The van der Waals surface area contributed by atoms with Crippen molar-refractivity contribution in [1.29, 1.82) is 0 Å². The fourth-order valence-corrected chi connectivity index (χ4v) is 3.05. The number of carbonyl (C=O) groups is 2. The van der Waals surface area contributed by atoms with Crippen molar-refractivity contribution in [3.8, 4) is 0 Å². The summed E-state index contributed by atoms with van der Waals surface area (Å²) in [7, 11) is 0. The Morgan fingerprint density at radius 3 is 2.33 bits per heavy atom. The smallest absolute Gasteiger partial charge is 0.338 e. The molecule has 0 atom stereocenters. The van der Waals surface area contributed by atoms with Crippen LogP contribution in [0.5, 0.6) is 0 Å². The summed E-state index contributed by atoms with van der Waals surface area (Å²) < 4.78 is 5.03. The van der Waals surface area contributed by atoms with Gasteiger partial charge in [0.15, 0.2) is 6.61 Å². The van der Waals surface area contributed by atoms with Gasteiger partial charge in [0, 0.05) is 30.2 Å². The average molecular weight is 367 g/mol. The third kappa shape index (κ3) is 5.23. The summed E-state index contributed by atoms with van der Waals surface area (Å²) in [6.45, 7) is 4.08. The molecule has 3 N–H and O–H groups in total. The van der Waals surface area contributed by atoms with E-state index in [4.69, 9.17) is 10.5 Å². The van der Waals surface area contributed by atoms with Crippen LogP contribution in [0, 0.1) is 5.92 Å². The van der Waals surface area contributed by atoms with Crippen LogP contribution in [0.2, 0.25) is 0 Å². The Morgan fingerprint density at radius 2 is 1.70 bits per heavy atom. The molecule has 2 aromatic rings. The topological polar surface area (TPSA) is 84.7 Å². The lowest BCUT2D eigenvalue weighted by Crippen LogP contribution is -2.32. The van der Waals surface area contributed by atoms with E-state index in [1.165, 1.54) is 12.8 Å². The van der Waals surface area contributed by atoms with Gasteiger partial charge in [0.2, 0.25) is 0 Å². The molecule has 142 valence electrons. The summed E-state index contributed by atoms with van der Waals surface area (Å²) in [5, 5.41) is 2.74. The lowest BCUT2D eigenvalue weighted by molar-refractivity contribution is -0.119. The number of nitrogens with one attached hydrogen (secondary N) is 1. The van der Waals surface area contributed by atoms with Crippen LogP contribution >= 0.6 is 0 Å². The summed E-state index contributed by atoms with van der Waals surface area (Å²) in [6, 6.07) is 14.1. The van der Waals surface area contributed by atoms with Crippen LogP contribution < -0.4 is 16.0 Å². The highest BCUT2D eigenvalue weighted by molar-refractivity contribution is 5.95. The molecule has 6 nitrogen and oxygen atoms in total. The van der Waals surface area contributed by atoms with Gasteiger partial charge < -0.3 is 20.7 Å². The van der Waals surface area contributed by atoms with E-state index in [1.807, 2.05) is 24.3 Å². The number of nitrogens with two attached hydrogens (primary N) is 1. The molecule has 27 heavy (non-hydrogen) atoms. The third-order valence-electron chi connectivity index (χ3n) is 4.78. The van der Waals surface area contributed by atoms with Gasteiger partial charge in [-0.3, -0.25) is 4.79 Å². The highest BCUT2D eigenvalue weighted by Gasteiger charge is 2.16. The summed E-state index contributed by atoms with van der Waals surface area (Å²) in [5.74, 6) is -0.145. The summed E-state index contributed by atoms with van der Waals surface area (Å²) in [6.07, 6.45) is 2.41. The van der Waals surface area contributed by atoms with Crippen LogP contribution in [0.3, 0.4) is 0 Å². The SMILES string of the molecule is CC1CCN(c2ccc(NC(=O)COC(=O)c3ccc(N)cc3)cc2)CC1. The number of hydrogen-bond acceptors (Lipinski definition) is 5. The van der Waals surface area contributed by atoms with E-state index in [0.29, 0.717) is 16.9 Å². The maximum atomic E-state index is 12.0. The lowest BCUT2D eigenvalue weighted by Gasteiger charge is -2.32. The van der Waals surface area contributed by atoms with Crippen molar-refractivity contribution in [1.82, 2.24) is 0 Å². The summed E-state index contributed by atoms with van der Waals surface area (Å²) >= 11 is 0. The number of carbonyl (C=O) groups excluding carboxylic acids is 2. The molecule has 6 heteroatoms. The van der Waals surface area contributed by atoms with Crippen LogP contribution in [0.4, 0.5) is 17.1 Å². The predicted molar refractivity (Wildman–Crippen MR) is 107 cm³/mol. The Balaban J connectivity index is 1.47. The first kappa shape index (κ1) is 18.8. The molecular formula is C21H25N3O3. The van der Waals surface area contributed by atoms with Crippen LogP contribution in [-0.4, -0.2) is 31.6 Å². The van der Waals surface area contributed by atoms with Crippen molar-refractivity contribution >= 4 is 28.9 Å². The number of esters is 1. The van der Waals surface area contributed by atoms with Gasteiger partial charge in [-0.25, -0.2) is 4.79 Å². The van der Waals surface area contributed by atoms with Gasteiger partial charge in [0.05, 0.1) is 5.56 Å². The molecule has 1 saturated heterocycles. The van der Waals surface area contributed by atoms with Gasteiger partial charge in [0.1, 0.15) is 0 Å². The van der Waals surface area contributed by atoms with E-state index in [1.54, 1.807) is 24.3 Å². The minimum absolute atomic E-state index is 0.338. The highest BCUT2D eigenvalue weighted by Crippen LogP contribution is 2.24. The number of piperidine rings is 1. The molecule has 1 aliphatic heterocycles. The number of hydrogen-bond donors (Lipinski definition) is 2. The van der Waals surface area contributed by atoms with Gasteiger partial charge in [-0.2, -0.15) is 0 Å². The number of benzene rings is 2. The standard InChI is InChI=1S/C21H25N3O3/c1-15-10-12-24(13-11-15)19-8-6-18(7-9-19)23-20(25)14-27-21(26)16-2-4-17(22)5-3-16/h2-9,15H,10-14,22H2,1H3,(H,23,25). The van der Waals surface area contributed by atoms with Gasteiger partial charge >= 0.3 is 5.97 Å². The van der Waals surface area contributed by atoms with Gasteiger partial charge in [0.25, 0.3) is 5.91 Å². The number of amides is 1. The minimum atomic E-state index is -0.556. The molecule has 1 heterocycles. The number of ether oxygens (including phenoxy) is 1. The molecule has 0 radical (unpaired) electrons. The second kappa shape index (κ2) is 8.58. The molecule has 0 spiro atoms. The van der Waals surface area contributed by atoms with E-state index in [0.717, 1.165) is 24.7 Å². The number of rotatable bonds is 5. The Kier molecular flexibility index (Phi) is 5.96. The fourth-order valence-electron chi connectivity index (χ4n) is 3.05. The Morgan fingerprint density at radius 1 is 1.07 bits per heavy atom. The van der Waals surface area contributed by atoms with E-state index >= 15 is 0 Å². The quantitative estimate of drug-likeness (QED) is 0.626. The second-order valence-corrected chi connectivity index (χ2v) is 6.96. The zero-order valence-electron chi connectivity index (χ0n) is 15.5. The first-order chi connectivity index (χ1) is 13.0. The van der Waals surface area contributed by atoms with Gasteiger partial charge in [-0.05, 0) is 67.3 Å². The first-order valence-corrected chi connectivity index (χ1v) is 9.19. The first-order valence-electron chi connectivity index (χ1n) is 9.19. The van der Waals surface area contributed by atoms with Gasteiger partial charge in [-0.15, -0.1) is 0 Å². The number of nitrogens with zero attached hydrogens (tertiary/aromatic N) is 1. The minimum Gasteiger partial charge on any atom is -0.452 e. The Bertz CT molecular complexity index is 779. The summed E-state index contributed by atoms with van der Waals surface area (Å²) in [4.78, 5) is 26.3. The molecule has 2 aromatic carbocycles. The van der Waals surface area contributed by atoms with E-state index in [-0.39, 0.29) is 12.5 Å². The van der Waals surface area contributed by atoms with E-state index < -0.39 is 5.97 Å². The maximum Gasteiger partial charge on any atom is 0.338 e. The predicted octanol–water partition coefficient (Wildman–Crippen LogP) is 3.30. The van der Waals surface area contributed by atoms with Crippen molar-refractivity contribution in [2.75, 3.05) is 35.6 Å². The molecular weight excluding hydrogens is 342 g/mol. The van der Waals surface area contributed by atoms with Crippen molar-refractivity contribution in [3.63, 3.8) is 0 Å². The lowest BCUT2D eigenvalue weighted by atomic mass is 9.99. The fraction of sp³-hybridized carbons (Fsp3) is 0.333. The third-order valence-corrected chi connectivity index (χ3v) is 4.78. The molecule has 1 fully saturated rings. The molecule has 0 aromatic heterocycles. The molecule has 1 aliphatic rings. The molecule has 0 bridgehead atoms. The molecule has 0 saturated carbocycles. The second-order valence-electron chi connectivity index (χ2n) is 6.96. The van der Waals surface area contributed by atoms with Crippen molar-refractivity contribution < 1.29 is 14.3 Å². The average Bonchev–Trinajstić information content (AvgIpc) is 2.68. The van der Waals surface area contributed by atoms with Gasteiger partial charge in [-0.1, -0.05) is 6.92 Å². The van der Waals surface area contributed by atoms with Crippen molar-refractivity contribution in [3.05, 3.63) is 54.1 Å². The largest absolute Gasteiger partial charge is 0.452 e. The number of anilines is 3. The van der Waals surface area contributed by atoms with E-state index in [9.17, 15) is 9.59 Å². The maximum absolute atomic E-state index is 12.0.